The highest BCUT2D eigenvalue weighted by Gasteiger charge is 2.19. The molecule has 5 rings (SSSR count). The Morgan fingerprint density at radius 3 is 2.77 bits per heavy atom. The Bertz CT molecular complexity index is 1320. The summed E-state index contributed by atoms with van der Waals surface area (Å²) in [5.41, 5.74) is 2.49. The Balaban J connectivity index is 1.29. The normalized spacial score (nSPS) is 11.0. The van der Waals surface area contributed by atoms with Crippen molar-refractivity contribution >= 4 is 16.9 Å². The van der Waals surface area contributed by atoms with Crippen LogP contribution in [0.1, 0.15) is 16.2 Å². The molecule has 0 unspecified atom stereocenters. The predicted molar refractivity (Wildman–Crippen MR) is 113 cm³/mol. The van der Waals surface area contributed by atoms with Crippen LogP contribution in [0.3, 0.4) is 0 Å². The number of carbonyl (C=O) groups excluding carboxylic acids is 1. The molecule has 9 nitrogen and oxygen atoms in total. The van der Waals surface area contributed by atoms with Crippen molar-refractivity contribution in [1.82, 2.24) is 30.7 Å². The summed E-state index contributed by atoms with van der Waals surface area (Å²) in [6.45, 7) is 0.187. The average Bonchev–Trinajstić information content (AvgIpc) is 3.56. The molecule has 2 aromatic carbocycles. The lowest BCUT2D eigenvalue weighted by atomic mass is 10.2. The van der Waals surface area contributed by atoms with Crippen LogP contribution in [-0.2, 0) is 6.54 Å². The number of ether oxygens (including phenoxy) is 1. The van der Waals surface area contributed by atoms with E-state index in [-0.39, 0.29) is 12.5 Å². The highest BCUT2D eigenvalue weighted by Crippen LogP contribution is 2.28. The highest BCUT2D eigenvalue weighted by atomic mass is 16.5. The van der Waals surface area contributed by atoms with Crippen LogP contribution >= 0.6 is 0 Å². The maximum Gasteiger partial charge on any atom is 0.255 e. The van der Waals surface area contributed by atoms with Crippen LogP contribution in [0.5, 0.6) is 5.75 Å². The van der Waals surface area contributed by atoms with Crippen LogP contribution in [0.4, 0.5) is 0 Å². The highest BCUT2D eigenvalue weighted by molar-refractivity contribution is 6.00. The Labute approximate surface area is 176 Å². The van der Waals surface area contributed by atoms with E-state index in [4.69, 9.17) is 9.15 Å². The maximum absolute atomic E-state index is 12.7. The summed E-state index contributed by atoms with van der Waals surface area (Å²) in [7, 11) is 1.61. The molecule has 3 heterocycles. The Morgan fingerprint density at radius 2 is 1.97 bits per heavy atom. The first kappa shape index (κ1) is 18.6. The van der Waals surface area contributed by atoms with E-state index in [1.165, 1.54) is 6.20 Å². The van der Waals surface area contributed by atoms with Crippen molar-refractivity contribution in [3.05, 3.63) is 72.2 Å². The van der Waals surface area contributed by atoms with Gasteiger partial charge in [0.05, 0.1) is 25.4 Å². The zero-order valence-corrected chi connectivity index (χ0v) is 16.5. The number of aromatic amines is 2. The lowest BCUT2D eigenvalue weighted by Gasteiger charge is -2.02. The van der Waals surface area contributed by atoms with Gasteiger partial charge in [-0.15, -0.1) is 0 Å². The van der Waals surface area contributed by atoms with Gasteiger partial charge < -0.3 is 14.5 Å². The first-order valence-electron chi connectivity index (χ1n) is 9.57. The van der Waals surface area contributed by atoms with E-state index >= 15 is 0 Å². The number of hydrogen-bond acceptors (Lipinski definition) is 6. The number of furan rings is 1. The van der Waals surface area contributed by atoms with Gasteiger partial charge in [-0.25, -0.2) is 4.98 Å². The minimum Gasteiger partial charge on any atom is -0.497 e. The third kappa shape index (κ3) is 3.64. The van der Waals surface area contributed by atoms with E-state index in [2.05, 4.69) is 30.7 Å². The van der Waals surface area contributed by atoms with Crippen molar-refractivity contribution < 1.29 is 13.9 Å². The second-order valence-corrected chi connectivity index (χ2v) is 6.82. The third-order valence-electron chi connectivity index (χ3n) is 4.85. The van der Waals surface area contributed by atoms with Crippen molar-refractivity contribution in [3.8, 4) is 28.6 Å². The maximum atomic E-state index is 12.7. The molecule has 31 heavy (non-hydrogen) atoms. The van der Waals surface area contributed by atoms with Crippen molar-refractivity contribution in [2.45, 2.75) is 6.54 Å². The Kier molecular flexibility index (Phi) is 4.68. The number of nitrogens with one attached hydrogen (secondary N) is 3. The molecule has 154 valence electrons. The number of aromatic nitrogens is 5. The van der Waals surface area contributed by atoms with Gasteiger partial charge in [-0.1, -0.05) is 18.2 Å². The van der Waals surface area contributed by atoms with Crippen LogP contribution in [0.25, 0.3) is 33.8 Å². The van der Waals surface area contributed by atoms with E-state index in [0.717, 1.165) is 22.3 Å². The lowest BCUT2D eigenvalue weighted by Crippen LogP contribution is -2.23. The molecule has 0 saturated carbocycles. The number of H-pyrrole nitrogens is 2. The Morgan fingerprint density at radius 1 is 1.13 bits per heavy atom. The van der Waals surface area contributed by atoms with Gasteiger partial charge in [0.25, 0.3) is 5.91 Å². The molecule has 1 amide bonds. The molecule has 3 aromatic heterocycles. The smallest absolute Gasteiger partial charge is 0.255 e. The second kappa shape index (κ2) is 7.79. The molecule has 0 aliphatic carbocycles. The van der Waals surface area contributed by atoms with E-state index in [1.54, 1.807) is 7.11 Å². The predicted octanol–water partition coefficient (Wildman–Crippen LogP) is 3.55. The third-order valence-corrected chi connectivity index (χ3v) is 4.85. The molecule has 0 saturated heterocycles. The molecular formula is C22H18N6O3. The van der Waals surface area contributed by atoms with E-state index < -0.39 is 0 Å². The number of fused-ring (bicyclic) bond motifs is 1. The largest absolute Gasteiger partial charge is 0.497 e. The number of nitrogens with zero attached hydrogens (tertiary/aromatic N) is 3. The fourth-order valence-electron chi connectivity index (χ4n) is 3.25. The molecule has 0 atom stereocenters. The van der Waals surface area contributed by atoms with Gasteiger partial charge in [-0.3, -0.25) is 15.0 Å². The number of carbonyl (C=O) groups is 1. The number of amides is 1. The van der Waals surface area contributed by atoms with Crippen LogP contribution < -0.4 is 10.1 Å². The molecular weight excluding hydrogens is 396 g/mol. The fourth-order valence-corrected chi connectivity index (χ4v) is 3.25. The minimum absolute atomic E-state index is 0.187. The molecule has 0 aliphatic rings. The van der Waals surface area contributed by atoms with Crippen molar-refractivity contribution in [3.63, 3.8) is 0 Å². The number of benzene rings is 2. The SMILES string of the molecule is COc1ccc(-c2n[nH]c(CNC(=O)c3cn[nH]c3-c3cc4ccccc4o3)n2)cc1. The summed E-state index contributed by atoms with van der Waals surface area (Å²) < 4.78 is 11.0. The van der Waals surface area contributed by atoms with Gasteiger partial charge in [-0.05, 0) is 36.4 Å². The second-order valence-electron chi connectivity index (χ2n) is 6.82. The van der Waals surface area contributed by atoms with Gasteiger partial charge in [0.1, 0.15) is 22.9 Å². The van der Waals surface area contributed by atoms with E-state index in [1.807, 2.05) is 54.6 Å². The molecule has 3 N–H and O–H groups in total. The van der Waals surface area contributed by atoms with Crippen molar-refractivity contribution in [1.29, 1.82) is 0 Å². The molecule has 5 aromatic rings. The summed E-state index contributed by atoms with van der Waals surface area (Å²) in [6.07, 6.45) is 1.47. The first-order valence-corrected chi connectivity index (χ1v) is 9.57. The van der Waals surface area contributed by atoms with Gasteiger partial charge >= 0.3 is 0 Å². The lowest BCUT2D eigenvalue weighted by molar-refractivity contribution is 0.0950. The zero-order chi connectivity index (χ0) is 21.2. The molecule has 9 heteroatoms. The minimum atomic E-state index is -0.299. The van der Waals surface area contributed by atoms with Crippen LogP contribution in [-0.4, -0.2) is 38.4 Å². The topological polar surface area (TPSA) is 122 Å². The number of methoxy groups -OCH3 is 1. The molecule has 0 fully saturated rings. The molecule has 0 aliphatic heterocycles. The monoisotopic (exact) mass is 414 g/mol. The van der Waals surface area contributed by atoms with E-state index in [0.29, 0.717) is 28.7 Å². The van der Waals surface area contributed by atoms with Gasteiger partial charge in [0.15, 0.2) is 11.6 Å². The summed E-state index contributed by atoms with van der Waals surface area (Å²) in [6, 6.07) is 16.9. The molecule has 0 radical (unpaired) electrons. The fraction of sp³-hybridized carbons (Fsp3) is 0.0909. The van der Waals surface area contributed by atoms with Crippen molar-refractivity contribution in [2.75, 3.05) is 7.11 Å². The summed E-state index contributed by atoms with van der Waals surface area (Å²) >= 11 is 0. The zero-order valence-electron chi connectivity index (χ0n) is 16.5. The van der Waals surface area contributed by atoms with E-state index in [9.17, 15) is 4.79 Å². The summed E-state index contributed by atoms with van der Waals surface area (Å²) in [4.78, 5) is 17.2. The van der Waals surface area contributed by atoms with Gasteiger partial charge in [0.2, 0.25) is 0 Å². The standard InChI is InChI=1S/C22H18N6O3/c1-30-15-8-6-13(7-9-15)21-25-19(26-28-21)12-23-22(29)16-11-24-27-20(16)18-10-14-4-2-3-5-17(14)31-18/h2-11H,12H2,1H3,(H,23,29)(H,24,27)(H,25,26,28). The molecule has 0 spiro atoms. The number of para-hydroxylation sites is 1. The number of rotatable bonds is 6. The van der Waals surface area contributed by atoms with Crippen LogP contribution in [0.2, 0.25) is 0 Å². The van der Waals surface area contributed by atoms with Gasteiger partial charge in [0, 0.05) is 10.9 Å². The van der Waals surface area contributed by atoms with Crippen LogP contribution in [0.15, 0.2) is 65.2 Å². The van der Waals surface area contributed by atoms with Gasteiger partial charge in [-0.2, -0.15) is 10.2 Å². The number of hydrogen-bond donors (Lipinski definition) is 3. The quantitative estimate of drug-likeness (QED) is 0.391. The first-order chi connectivity index (χ1) is 15.2. The average molecular weight is 414 g/mol. The summed E-state index contributed by atoms with van der Waals surface area (Å²) in [5, 5.41) is 17.7. The molecule has 0 bridgehead atoms. The Hall–Kier alpha value is -4.40. The summed E-state index contributed by atoms with van der Waals surface area (Å²) in [5.74, 6) is 2.08. The van der Waals surface area contributed by atoms with Crippen molar-refractivity contribution in [2.24, 2.45) is 0 Å². The van der Waals surface area contributed by atoms with Crippen LogP contribution in [0, 0.1) is 0 Å².